The average molecular weight is 232 g/mol. The molecule has 0 spiro atoms. The summed E-state index contributed by atoms with van der Waals surface area (Å²) in [4.78, 5) is 0. The smallest absolute Gasteiger partial charge is 0.212 e. The number of rotatable bonds is 5. The first-order valence-corrected chi connectivity index (χ1v) is 7.05. The quantitative estimate of drug-likeness (QED) is 0.687. The average Bonchev–Trinajstić information content (AvgIpc) is 2.18. The van der Waals surface area contributed by atoms with Crippen LogP contribution in [0, 0.1) is 0 Å². The molecule has 4 nitrogen and oxygen atoms in total. The summed E-state index contributed by atoms with van der Waals surface area (Å²) in [6.45, 7) is 3.51. The van der Waals surface area contributed by atoms with Crippen LogP contribution in [0.1, 0.15) is 32.1 Å². The highest BCUT2D eigenvalue weighted by molar-refractivity contribution is 7.89. The van der Waals surface area contributed by atoms with Crippen molar-refractivity contribution in [2.75, 3.05) is 5.75 Å². The van der Waals surface area contributed by atoms with Crippen LogP contribution in [-0.2, 0) is 10.0 Å². The van der Waals surface area contributed by atoms with Gasteiger partial charge in [-0.2, -0.15) is 0 Å². The molecule has 0 saturated heterocycles. The molecule has 1 rings (SSSR count). The van der Waals surface area contributed by atoms with Crippen molar-refractivity contribution in [2.45, 2.75) is 44.2 Å². The molecule has 1 aliphatic carbocycles. The predicted molar refractivity (Wildman–Crippen MR) is 62.0 cm³/mol. The lowest BCUT2D eigenvalue weighted by atomic mass is 9.93. The lowest BCUT2D eigenvalue weighted by molar-refractivity contribution is 0.373. The van der Waals surface area contributed by atoms with Crippen molar-refractivity contribution in [1.29, 1.82) is 0 Å². The zero-order valence-electron chi connectivity index (χ0n) is 8.98. The van der Waals surface area contributed by atoms with Gasteiger partial charge in [-0.1, -0.05) is 6.08 Å². The van der Waals surface area contributed by atoms with Crippen molar-refractivity contribution >= 4 is 10.0 Å². The molecule has 0 aromatic heterocycles. The molecule has 0 amide bonds. The molecule has 5 heteroatoms. The summed E-state index contributed by atoms with van der Waals surface area (Å²) in [5.74, 6) is 0.138. The van der Waals surface area contributed by atoms with Gasteiger partial charge in [-0.15, -0.1) is 6.58 Å². The molecular weight excluding hydrogens is 212 g/mol. The van der Waals surface area contributed by atoms with Crippen LogP contribution in [0.2, 0.25) is 0 Å². The van der Waals surface area contributed by atoms with Gasteiger partial charge >= 0.3 is 0 Å². The Hall–Kier alpha value is -0.390. The van der Waals surface area contributed by atoms with Crippen molar-refractivity contribution in [1.82, 2.24) is 4.72 Å². The summed E-state index contributed by atoms with van der Waals surface area (Å²) < 4.78 is 25.8. The van der Waals surface area contributed by atoms with Gasteiger partial charge in [0, 0.05) is 12.1 Å². The normalized spacial score (nSPS) is 27.5. The number of allylic oxidation sites excluding steroid dienone is 1. The molecular formula is C10H20N2O2S. The third kappa shape index (κ3) is 4.77. The van der Waals surface area contributed by atoms with Gasteiger partial charge in [-0.25, -0.2) is 13.1 Å². The van der Waals surface area contributed by atoms with Crippen LogP contribution in [0.3, 0.4) is 0 Å². The van der Waals surface area contributed by atoms with E-state index in [0.717, 1.165) is 25.7 Å². The highest BCUT2D eigenvalue weighted by Gasteiger charge is 2.22. The predicted octanol–water partition coefficient (Wildman–Crippen LogP) is 0.752. The summed E-state index contributed by atoms with van der Waals surface area (Å²) in [5, 5.41) is 0. The van der Waals surface area contributed by atoms with Crippen LogP contribution in [0.25, 0.3) is 0 Å². The lowest BCUT2D eigenvalue weighted by Gasteiger charge is -2.26. The Morgan fingerprint density at radius 2 is 1.93 bits per heavy atom. The Balaban J connectivity index is 2.37. The molecule has 0 unspecified atom stereocenters. The molecule has 0 aromatic rings. The first-order chi connectivity index (χ1) is 7.03. The topological polar surface area (TPSA) is 72.2 Å². The zero-order valence-corrected chi connectivity index (χ0v) is 9.80. The van der Waals surface area contributed by atoms with Crippen molar-refractivity contribution < 1.29 is 8.42 Å². The lowest BCUT2D eigenvalue weighted by Crippen LogP contribution is -2.41. The van der Waals surface area contributed by atoms with E-state index in [-0.39, 0.29) is 17.8 Å². The minimum absolute atomic E-state index is 0.0830. The number of hydrogen-bond donors (Lipinski definition) is 2. The summed E-state index contributed by atoms with van der Waals surface area (Å²) in [7, 11) is -3.12. The van der Waals surface area contributed by atoms with E-state index in [0.29, 0.717) is 6.42 Å². The fraction of sp³-hybridized carbons (Fsp3) is 0.800. The third-order valence-corrected chi connectivity index (χ3v) is 4.17. The number of hydrogen-bond acceptors (Lipinski definition) is 3. The molecule has 88 valence electrons. The molecule has 0 atom stereocenters. The van der Waals surface area contributed by atoms with Crippen molar-refractivity contribution in [3.05, 3.63) is 12.7 Å². The summed E-state index contributed by atoms with van der Waals surface area (Å²) >= 11 is 0. The number of sulfonamides is 1. The summed E-state index contributed by atoms with van der Waals surface area (Å²) in [6.07, 6.45) is 5.66. The Morgan fingerprint density at radius 1 is 1.33 bits per heavy atom. The molecule has 0 heterocycles. The van der Waals surface area contributed by atoms with Crippen molar-refractivity contribution in [3.8, 4) is 0 Å². The molecule has 0 radical (unpaired) electrons. The zero-order chi connectivity index (χ0) is 11.3. The summed E-state index contributed by atoms with van der Waals surface area (Å²) in [5.41, 5.74) is 5.75. The van der Waals surface area contributed by atoms with Crippen molar-refractivity contribution in [3.63, 3.8) is 0 Å². The van der Waals surface area contributed by atoms with Crippen LogP contribution in [0.5, 0.6) is 0 Å². The maximum Gasteiger partial charge on any atom is 0.212 e. The maximum atomic E-state index is 11.5. The second-order valence-electron chi connectivity index (χ2n) is 4.13. The van der Waals surface area contributed by atoms with Crippen molar-refractivity contribution in [2.24, 2.45) is 5.73 Å². The molecule has 1 aliphatic rings. The van der Waals surface area contributed by atoms with Crippen LogP contribution in [0.15, 0.2) is 12.7 Å². The highest BCUT2D eigenvalue weighted by Crippen LogP contribution is 2.17. The molecule has 0 aliphatic heterocycles. The van der Waals surface area contributed by atoms with Crippen LogP contribution in [0.4, 0.5) is 0 Å². The molecule has 1 saturated carbocycles. The maximum absolute atomic E-state index is 11.5. The van der Waals surface area contributed by atoms with Gasteiger partial charge in [0.15, 0.2) is 0 Å². The van der Waals surface area contributed by atoms with Gasteiger partial charge in [0.2, 0.25) is 10.0 Å². The van der Waals surface area contributed by atoms with E-state index in [1.807, 2.05) is 0 Å². The van der Waals surface area contributed by atoms with Crippen LogP contribution in [-0.4, -0.2) is 26.3 Å². The SMILES string of the molecule is C=CCCS(=O)(=O)NC1CCC(N)CC1. The molecule has 3 N–H and O–H groups in total. The second kappa shape index (κ2) is 5.63. The molecule has 15 heavy (non-hydrogen) atoms. The fourth-order valence-corrected chi connectivity index (χ4v) is 3.13. The van der Waals surface area contributed by atoms with Gasteiger partial charge in [-0.05, 0) is 32.1 Å². The van der Waals surface area contributed by atoms with Gasteiger partial charge in [-0.3, -0.25) is 0 Å². The fourth-order valence-electron chi connectivity index (χ4n) is 1.79. The number of nitrogens with two attached hydrogens (primary N) is 1. The first-order valence-electron chi connectivity index (χ1n) is 5.40. The minimum Gasteiger partial charge on any atom is -0.328 e. The molecule has 1 fully saturated rings. The minimum atomic E-state index is -3.12. The van der Waals surface area contributed by atoms with E-state index in [9.17, 15) is 8.42 Å². The van der Waals surface area contributed by atoms with Crippen LogP contribution >= 0.6 is 0 Å². The Labute approximate surface area is 92.0 Å². The van der Waals surface area contributed by atoms with Gasteiger partial charge < -0.3 is 5.73 Å². The standard InChI is InChI=1S/C10H20N2O2S/c1-2-3-8-15(13,14)12-10-6-4-9(11)5-7-10/h2,9-10,12H,1,3-8,11H2. The Bertz CT molecular complexity index is 293. The highest BCUT2D eigenvalue weighted by atomic mass is 32.2. The monoisotopic (exact) mass is 232 g/mol. The van der Waals surface area contributed by atoms with E-state index in [1.165, 1.54) is 0 Å². The largest absolute Gasteiger partial charge is 0.328 e. The van der Waals surface area contributed by atoms with E-state index >= 15 is 0 Å². The van der Waals surface area contributed by atoms with Gasteiger partial charge in [0.25, 0.3) is 0 Å². The summed E-state index contributed by atoms with van der Waals surface area (Å²) in [6, 6.07) is 0.332. The van der Waals surface area contributed by atoms with Crippen LogP contribution < -0.4 is 10.5 Å². The Morgan fingerprint density at radius 3 is 2.47 bits per heavy atom. The van der Waals surface area contributed by atoms with E-state index in [2.05, 4.69) is 11.3 Å². The Kier molecular flexibility index (Phi) is 4.76. The first kappa shape index (κ1) is 12.7. The number of nitrogens with one attached hydrogen (secondary N) is 1. The second-order valence-corrected chi connectivity index (χ2v) is 6.00. The van der Waals surface area contributed by atoms with E-state index < -0.39 is 10.0 Å². The molecule has 0 aromatic carbocycles. The van der Waals surface area contributed by atoms with Gasteiger partial charge in [0.05, 0.1) is 5.75 Å². The third-order valence-electron chi connectivity index (χ3n) is 2.71. The van der Waals surface area contributed by atoms with E-state index in [1.54, 1.807) is 6.08 Å². The molecule has 0 bridgehead atoms. The van der Waals surface area contributed by atoms with Gasteiger partial charge in [0.1, 0.15) is 0 Å². The van der Waals surface area contributed by atoms with E-state index in [4.69, 9.17) is 5.73 Å².